The highest BCUT2D eigenvalue weighted by Gasteiger charge is 2.62. The molecule has 1 aliphatic heterocycles. The summed E-state index contributed by atoms with van der Waals surface area (Å²) in [7, 11) is 0. The SMILES string of the molecule is C=C1C[C@]2(CC[C@H]3[C@@]4(C)CCC[C@]3(C)OC4=O)C[C@H]1CC[C@@H]2O. The first-order chi connectivity index (χ1) is 10.8. The van der Waals surface area contributed by atoms with Crippen LogP contribution in [0.3, 0.4) is 0 Å². The van der Waals surface area contributed by atoms with Gasteiger partial charge in [0, 0.05) is 11.3 Å². The van der Waals surface area contributed by atoms with Crippen molar-refractivity contribution in [3.63, 3.8) is 0 Å². The molecule has 0 amide bonds. The summed E-state index contributed by atoms with van der Waals surface area (Å²) in [5, 5.41) is 10.7. The zero-order valence-electron chi connectivity index (χ0n) is 14.6. The molecule has 3 heteroatoms. The van der Waals surface area contributed by atoms with Gasteiger partial charge in [-0.25, -0.2) is 0 Å². The van der Waals surface area contributed by atoms with Gasteiger partial charge in [0.25, 0.3) is 0 Å². The number of carbonyl (C=O) groups excluding carboxylic acids is 1. The minimum Gasteiger partial charge on any atom is -0.459 e. The lowest BCUT2D eigenvalue weighted by Crippen LogP contribution is -2.44. The Kier molecular flexibility index (Phi) is 3.30. The Morgan fingerprint density at radius 2 is 2.09 bits per heavy atom. The lowest BCUT2D eigenvalue weighted by atomic mass is 9.59. The van der Waals surface area contributed by atoms with Crippen LogP contribution in [-0.2, 0) is 9.53 Å². The fourth-order valence-electron chi connectivity index (χ4n) is 6.47. The monoisotopic (exact) mass is 318 g/mol. The molecule has 0 aromatic rings. The molecule has 0 aromatic carbocycles. The molecule has 3 saturated carbocycles. The van der Waals surface area contributed by atoms with Gasteiger partial charge in [0.2, 0.25) is 0 Å². The Labute approximate surface area is 139 Å². The molecular formula is C20H30O3. The first-order valence-electron chi connectivity index (χ1n) is 9.38. The van der Waals surface area contributed by atoms with Crippen molar-refractivity contribution in [3.05, 3.63) is 12.2 Å². The van der Waals surface area contributed by atoms with E-state index in [1.807, 2.05) is 0 Å². The lowest BCUT2D eigenvalue weighted by Gasteiger charge is -2.43. The summed E-state index contributed by atoms with van der Waals surface area (Å²) in [4.78, 5) is 12.4. The average Bonchev–Trinajstić information content (AvgIpc) is 2.80. The van der Waals surface area contributed by atoms with Crippen molar-refractivity contribution in [2.45, 2.75) is 83.3 Å². The number of hydrogen-bond donors (Lipinski definition) is 1. The number of aliphatic hydroxyl groups excluding tert-OH is 1. The number of rotatable bonds is 3. The Morgan fingerprint density at radius 3 is 2.83 bits per heavy atom. The van der Waals surface area contributed by atoms with Gasteiger partial charge >= 0.3 is 5.97 Å². The zero-order valence-corrected chi connectivity index (χ0v) is 14.6. The number of fused-ring (bicyclic) bond motifs is 4. The van der Waals surface area contributed by atoms with Crippen molar-refractivity contribution in [2.75, 3.05) is 0 Å². The van der Waals surface area contributed by atoms with Crippen LogP contribution in [-0.4, -0.2) is 22.8 Å². The minimum absolute atomic E-state index is 0.0119. The van der Waals surface area contributed by atoms with Crippen LogP contribution in [0, 0.1) is 22.7 Å². The second kappa shape index (κ2) is 4.84. The maximum Gasteiger partial charge on any atom is 0.312 e. The Morgan fingerprint density at radius 1 is 1.30 bits per heavy atom. The van der Waals surface area contributed by atoms with Crippen LogP contribution in [0.2, 0.25) is 0 Å². The molecule has 1 heterocycles. The molecule has 4 aliphatic rings. The largest absolute Gasteiger partial charge is 0.459 e. The number of carbonyl (C=O) groups is 1. The quantitative estimate of drug-likeness (QED) is 0.632. The Balaban J connectivity index is 1.55. The van der Waals surface area contributed by atoms with Gasteiger partial charge in [-0.1, -0.05) is 12.2 Å². The first-order valence-corrected chi connectivity index (χ1v) is 9.38. The minimum atomic E-state index is -0.307. The van der Waals surface area contributed by atoms with Crippen molar-refractivity contribution in [1.29, 1.82) is 0 Å². The number of aliphatic hydroxyl groups is 1. The Hall–Kier alpha value is -0.830. The van der Waals surface area contributed by atoms with E-state index in [0.717, 1.165) is 57.8 Å². The van der Waals surface area contributed by atoms with E-state index in [1.165, 1.54) is 5.57 Å². The van der Waals surface area contributed by atoms with Crippen LogP contribution in [0.15, 0.2) is 12.2 Å². The molecule has 3 aliphatic carbocycles. The standard InChI is InChI=1S/C20H30O3/c1-13-11-20(12-14(13)5-6-16(20)21)10-7-15-18(2)8-4-9-19(15,3)23-17(18)22/h14-16,21H,1,4-12H2,2-3H3/t14-,15+,16+,18-,19+,20-/m1/s1. The number of allylic oxidation sites excluding steroid dienone is 1. The molecule has 0 unspecified atom stereocenters. The van der Waals surface area contributed by atoms with Crippen molar-refractivity contribution in [1.82, 2.24) is 0 Å². The topological polar surface area (TPSA) is 46.5 Å². The second-order valence-corrected chi connectivity index (χ2v) is 9.26. The highest BCUT2D eigenvalue weighted by molar-refractivity contribution is 5.80. The molecule has 1 saturated heterocycles. The molecule has 0 spiro atoms. The van der Waals surface area contributed by atoms with E-state index < -0.39 is 0 Å². The summed E-state index contributed by atoms with van der Waals surface area (Å²) >= 11 is 0. The van der Waals surface area contributed by atoms with Gasteiger partial charge in [-0.05, 0) is 77.6 Å². The van der Waals surface area contributed by atoms with E-state index in [2.05, 4.69) is 20.4 Å². The maximum atomic E-state index is 12.4. The fourth-order valence-corrected chi connectivity index (χ4v) is 6.47. The Bertz CT molecular complexity index is 555. The van der Waals surface area contributed by atoms with Gasteiger partial charge in [0.1, 0.15) is 5.60 Å². The van der Waals surface area contributed by atoms with Gasteiger partial charge in [0.15, 0.2) is 0 Å². The van der Waals surface area contributed by atoms with Crippen molar-refractivity contribution >= 4 is 5.97 Å². The molecule has 3 nitrogen and oxygen atoms in total. The van der Waals surface area contributed by atoms with Crippen LogP contribution in [0.4, 0.5) is 0 Å². The number of hydrogen-bond acceptors (Lipinski definition) is 3. The molecule has 0 aromatic heterocycles. The molecule has 6 atom stereocenters. The molecule has 4 rings (SSSR count). The van der Waals surface area contributed by atoms with Gasteiger partial charge in [-0.3, -0.25) is 4.79 Å². The van der Waals surface area contributed by atoms with Crippen molar-refractivity contribution in [3.8, 4) is 0 Å². The molecular weight excluding hydrogens is 288 g/mol. The van der Waals surface area contributed by atoms with Gasteiger partial charge < -0.3 is 9.84 Å². The highest BCUT2D eigenvalue weighted by Crippen LogP contribution is 2.60. The second-order valence-electron chi connectivity index (χ2n) is 9.26. The maximum absolute atomic E-state index is 12.4. The molecule has 4 fully saturated rings. The first kappa shape index (κ1) is 15.7. The molecule has 128 valence electrons. The van der Waals surface area contributed by atoms with E-state index in [1.54, 1.807) is 0 Å². The smallest absolute Gasteiger partial charge is 0.312 e. The summed E-state index contributed by atoms with van der Waals surface area (Å²) in [6.07, 6.45) is 8.93. The van der Waals surface area contributed by atoms with Gasteiger partial charge in [-0.15, -0.1) is 0 Å². The summed E-state index contributed by atoms with van der Waals surface area (Å²) < 4.78 is 5.83. The predicted molar refractivity (Wildman–Crippen MR) is 88.7 cm³/mol. The average molecular weight is 318 g/mol. The fraction of sp³-hybridized carbons (Fsp3) is 0.850. The highest BCUT2D eigenvalue weighted by atomic mass is 16.6. The van der Waals surface area contributed by atoms with Crippen LogP contribution >= 0.6 is 0 Å². The molecule has 0 radical (unpaired) electrons. The van der Waals surface area contributed by atoms with E-state index in [4.69, 9.17) is 4.74 Å². The van der Waals surface area contributed by atoms with Gasteiger partial charge in [0.05, 0.1) is 11.5 Å². The number of ether oxygens (including phenoxy) is 1. The van der Waals surface area contributed by atoms with E-state index in [9.17, 15) is 9.90 Å². The summed E-state index contributed by atoms with van der Waals surface area (Å²) in [6.45, 7) is 8.50. The van der Waals surface area contributed by atoms with Crippen molar-refractivity contribution < 1.29 is 14.6 Å². The lowest BCUT2D eigenvalue weighted by molar-refractivity contribution is -0.151. The van der Waals surface area contributed by atoms with Crippen LogP contribution < -0.4 is 0 Å². The zero-order chi connectivity index (χ0) is 16.5. The molecule has 4 bridgehead atoms. The third-order valence-electron chi connectivity index (χ3n) is 7.90. The molecule has 23 heavy (non-hydrogen) atoms. The third kappa shape index (κ3) is 2.08. The summed E-state index contributed by atoms with van der Waals surface area (Å²) in [6, 6.07) is 0. The van der Waals surface area contributed by atoms with Crippen LogP contribution in [0.5, 0.6) is 0 Å². The van der Waals surface area contributed by atoms with E-state index in [-0.39, 0.29) is 28.5 Å². The van der Waals surface area contributed by atoms with Crippen LogP contribution in [0.25, 0.3) is 0 Å². The number of esters is 1. The van der Waals surface area contributed by atoms with Gasteiger partial charge in [-0.2, -0.15) is 0 Å². The van der Waals surface area contributed by atoms with Crippen LogP contribution in [0.1, 0.15) is 71.6 Å². The summed E-state index contributed by atoms with van der Waals surface area (Å²) in [5.74, 6) is 0.926. The molecule has 1 N–H and O–H groups in total. The predicted octanol–water partition coefficient (Wildman–Crippen LogP) is 4.00. The van der Waals surface area contributed by atoms with Crippen molar-refractivity contribution in [2.24, 2.45) is 22.7 Å². The third-order valence-corrected chi connectivity index (χ3v) is 7.90. The normalized spacial score (nSPS) is 51.9. The summed E-state index contributed by atoms with van der Waals surface area (Å²) in [5.41, 5.74) is 0.776. The van der Waals surface area contributed by atoms with E-state index >= 15 is 0 Å². The van der Waals surface area contributed by atoms with E-state index in [0.29, 0.717) is 11.8 Å².